The number of nitrogens with one attached hydrogen (secondary N) is 3. The van der Waals surface area contributed by atoms with Gasteiger partial charge in [0.1, 0.15) is 11.3 Å². The smallest absolute Gasteiger partial charge is 0.282 e. The van der Waals surface area contributed by atoms with Crippen molar-refractivity contribution >= 4 is 50.8 Å². The van der Waals surface area contributed by atoms with Gasteiger partial charge in [-0.2, -0.15) is 0 Å². The van der Waals surface area contributed by atoms with Gasteiger partial charge in [-0.05, 0) is 36.5 Å². The number of rotatable bonds is 4. The van der Waals surface area contributed by atoms with Gasteiger partial charge in [0.15, 0.2) is 5.11 Å². The quantitative estimate of drug-likeness (QED) is 0.369. The van der Waals surface area contributed by atoms with Crippen molar-refractivity contribution in [2.45, 2.75) is 0 Å². The summed E-state index contributed by atoms with van der Waals surface area (Å²) < 4.78 is 5.78. The van der Waals surface area contributed by atoms with Crippen LogP contribution < -0.4 is 20.9 Å². The van der Waals surface area contributed by atoms with Gasteiger partial charge < -0.3 is 4.74 Å². The van der Waals surface area contributed by atoms with Crippen LogP contribution in [-0.2, 0) is 0 Å². The molecule has 0 aliphatic rings. The highest BCUT2D eigenvalue weighted by atomic mass is 79.9. The molecule has 140 valence electrons. The van der Waals surface area contributed by atoms with Gasteiger partial charge in [-0.1, -0.05) is 28.1 Å². The predicted octanol–water partition coefficient (Wildman–Crippen LogP) is 2.32. The molecule has 0 atom stereocenters. The molecule has 0 fully saturated rings. The molecule has 2 aromatic carbocycles. The number of hydrazine groups is 1. The van der Waals surface area contributed by atoms with E-state index in [4.69, 9.17) is 17.0 Å². The summed E-state index contributed by atoms with van der Waals surface area (Å²) in [6, 6.07) is 10.3. The molecule has 0 aromatic heterocycles. The maximum absolute atomic E-state index is 12.3. The maximum atomic E-state index is 12.3. The Kier molecular flexibility index (Phi) is 6.79. The van der Waals surface area contributed by atoms with Crippen LogP contribution in [0.2, 0.25) is 0 Å². The van der Waals surface area contributed by atoms with Crippen molar-refractivity contribution in [3.05, 3.63) is 68.2 Å². The van der Waals surface area contributed by atoms with Gasteiger partial charge >= 0.3 is 0 Å². The molecular weight excluding hydrogens is 440 g/mol. The number of hydrogen-bond donors (Lipinski definition) is 3. The summed E-state index contributed by atoms with van der Waals surface area (Å²) in [6.45, 7) is 0. The number of nitro benzene ring substituents is 1. The summed E-state index contributed by atoms with van der Waals surface area (Å²) >= 11 is 8.21. The summed E-state index contributed by atoms with van der Waals surface area (Å²) in [5, 5.41) is 13.1. The second-order valence-electron chi connectivity index (χ2n) is 4.98. The molecule has 27 heavy (non-hydrogen) atoms. The predicted molar refractivity (Wildman–Crippen MR) is 104 cm³/mol. The van der Waals surface area contributed by atoms with Gasteiger partial charge in [0.05, 0.1) is 17.6 Å². The standard InChI is InChI=1S/C16H13BrN4O5S/c1-26-13-7-6-9(17)8-11(13)14(22)18-16(27)20-19-15(23)10-4-2-3-5-12(10)21(24)25/h2-8H,1H3,(H,19,23)(H2,18,20,22,27). The fourth-order valence-electron chi connectivity index (χ4n) is 2.07. The summed E-state index contributed by atoms with van der Waals surface area (Å²) in [6.07, 6.45) is 0. The van der Waals surface area contributed by atoms with Crippen molar-refractivity contribution in [2.75, 3.05) is 7.11 Å². The Hall–Kier alpha value is -3.05. The first-order chi connectivity index (χ1) is 12.8. The van der Waals surface area contributed by atoms with E-state index in [-0.39, 0.29) is 21.9 Å². The second kappa shape index (κ2) is 9.05. The molecule has 0 bridgehead atoms. The van der Waals surface area contributed by atoms with Crippen LogP contribution in [0, 0.1) is 10.1 Å². The SMILES string of the molecule is COc1ccc(Br)cc1C(=O)NC(=S)NNC(=O)c1ccccc1[N+](=O)[O-]. The lowest BCUT2D eigenvalue weighted by Crippen LogP contribution is -2.48. The number of thiocarbonyl (C=S) groups is 1. The molecule has 2 aromatic rings. The minimum atomic E-state index is -0.779. The first-order valence-corrected chi connectivity index (χ1v) is 8.52. The molecule has 3 N–H and O–H groups in total. The number of methoxy groups -OCH3 is 1. The van der Waals surface area contributed by atoms with E-state index in [1.165, 1.54) is 31.4 Å². The van der Waals surface area contributed by atoms with Gasteiger partial charge in [-0.15, -0.1) is 0 Å². The minimum absolute atomic E-state index is 0.155. The van der Waals surface area contributed by atoms with Crippen LogP contribution in [0.4, 0.5) is 5.69 Å². The zero-order valence-electron chi connectivity index (χ0n) is 13.8. The highest BCUT2D eigenvalue weighted by molar-refractivity contribution is 9.10. The van der Waals surface area contributed by atoms with Gasteiger partial charge in [0.2, 0.25) is 0 Å². The van der Waals surface area contributed by atoms with Gasteiger partial charge in [0, 0.05) is 10.5 Å². The molecule has 0 aliphatic heterocycles. The van der Waals surface area contributed by atoms with E-state index in [1.807, 2.05) is 0 Å². The molecule has 0 aliphatic carbocycles. The zero-order valence-corrected chi connectivity index (χ0v) is 16.2. The molecule has 0 saturated heterocycles. The third-order valence-electron chi connectivity index (χ3n) is 3.27. The topological polar surface area (TPSA) is 123 Å². The minimum Gasteiger partial charge on any atom is -0.496 e. The fourth-order valence-corrected chi connectivity index (χ4v) is 2.57. The van der Waals surface area contributed by atoms with Crippen molar-refractivity contribution in [3.63, 3.8) is 0 Å². The van der Waals surface area contributed by atoms with Crippen LogP contribution >= 0.6 is 28.1 Å². The van der Waals surface area contributed by atoms with E-state index >= 15 is 0 Å². The molecule has 2 rings (SSSR count). The lowest BCUT2D eigenvalue weighted by molar-refractivity contribution is -0.385. The van der Waals surface area contributed by atoms with Crippen LogP contribution in [0.25, 0.3) is 0 Å². The number of nitrogens with zero attached hydrogens (tertiary/aromatic N) is 1. The molecule has 0 heterocycles. The lowest BCUT2D eigenvalue weighted by Gasteiger charge is -2.12. The van der Waals surface area contributed by atoms with E-state index in [0.29, 0.717) is 10.2 Å². The van der Waals surface area contributed by atoms with Crippen LogP contribution in [-0.4, -0.2) is 29.0 Å². The number of halogens is 1. The maximum Gasteiger partial charge on any atom is 0.282 e. The molecule has 0 unspecified atom stereocenters. The van der Waals surface area contributed by atoms with Crippen molar-refractivity contribution in [1.29, 1.82) is 0 Å². The Bertz CT molecular complexity index is 921. The summed E-state index contributed by atoms with van der Waals surface area (Å²) in [7, 11) is 1.42. The highest BCUT2D eigenvalue weighted by Crippen LogP contribution is 2.22. The Morgan fingerprint density at radius 2 is 1.81 bits per heavy atom. The lowest BCUT2D eigenvalue weighted by atomic mass is 10.2. The number of para-hydroxylation sites is 1. The normalized spacial score (nSPS) is 9.85. The van der Waals surface area contributed by atoms with Crippen LogP contribution in [0.3, 0.4) is 0 Å². The highest BCUT2D eigenvalue weighted by Gasteiger charge is 2.19. The molecule has 0 saturated carbocycles. The number of amides is 2. The Balaban J connectivity index is 2.01. The van der Waals surface area contributed by atoms with Gasteiger partial charge in [-0.3, -0.25) is 35.9 Å². The Labute approximate surface area is 167 Å². The van der Waals surface area contributed by atoms with Gasteiger partial charge in [0.25, 0.3) is 17.5 Å². The second-order valence-corrected chi connectivity index (χ2v) is 6.31. The van der Waals surface area contributed by atoms with Crippen molar-refractivity contribution in [3.8, 4) is 5.75 Å². The van der Waals surface area contributed by atoms with Crippen LogP contribution in [0.5, 0.6) is 5.75 Å². The van der Waals surface area contributed by atoms with E-state index < -0.39 is 16.7 Å². The monoisotopic (exact) mass is 452 g/mol. The summed E-state index contributed by atoms with van der Waals surface area (Å²) in [5.74, 6) is -1.01. The Morgan fingerprint density at radius 3 is 2.48 bits per heavy atom. The number of carbonyl (C=O) groups is 2. The van der Waals surface area contributed by atoms with E-state index in [1.54, 1.807) is 18.2 Å². The van der Waals surface area contributed by atoms with Crippen molar-refractivity contribution < 1.29 is 19.2 Å². The van der Waals surface area contributed by atoms with E-state index in [0.717, 1.165) is 0 Å². The molecule has 0 radical (unpaired) electrons. The average molecular weight is 453 g/mol. The van der Waals surface area contributed by atoms with E-state index in [9.17, 15) is 19.7 Å². The molecule has 11 heteroatoms. The summed E-state index contributed by atoms with van der Waals surface area (Å²) in [4.78, 5) is 34.7. The first kappa shape index (κ1) is 20.3. The number of ether oxygens (including phenoxy) is 1. The molecule has 2 amide bonds. The van der Waals surface area contributed by atoms with Crippen molar-refractivity contribution in [1.82, 2.24) is 16.2 Å². The molecule has 0 spiro atoms. The number of carbonyl (C=O) groups excluding carboxylic acids is 2. The fraction of sp³-hybridized carbons (Fsp3) is 0.0625. The third-order valence-corrected chi connectivity index (χ3v) is 3.97. The first-order valence-electron chi connectivity index (χ1n) is 7.32. The third kappa shape index (κ3) is 5.21. The Morgan fingerprint density at radius 1 is 1.11 bits per heavy atom. The van der Waals surface area contributed by atoms with E-state index in [2.05, 4.69) is 32.1 Å². The van der Waals surface area contributed by atoms with Crippen LogP contribution in [0.15, 0.2) is 46.9 Å². The number of hydrogen-bond acceptors (Lipinski definition) is 6. The van der Waals surface area contributed by atoms with Crippen molar-refractivity contribution in [2.24, 2.45) is 0 Å². The largest absolute Gasteiger partial charge is 0.496 e. The van der Waals surface area contributed by atoms with Gasteiger partial charge in [-0.25, -0.2) is 0 Å². The number of benzene rings is 2. The summed E-state index contributed by atoms with van der Waals surface area (Å²) in [5.41, 5.74) is 4.24. The average Bonchev–Trinajstić information content (AvgIpc) is 2.65. The molecular formula is C16H13BrN4O5S. The van der Waals surface area contributed by atoms with Crippen LogP contribution in [0.1, 0.15) is 20.7 Å². The number of nitro groups is 1. The molecule has 9 nitrogen and oxygen atoms in total. The zero-order chi connectivity index (χ0) is 20.0.